The van der Waals surface area contributed by atoms with E-state index in [1.807, 2.05) is 36.4 Å². The van der Waals surface area contributed by atoms with E-state index in [0.717, 1.165) is 9.79 Å². The van der Waals surface area contributed by atoms with E-state index in [-0.39, 0.29) is 18.1 Å². The number of nitrogens with zero attached hydrogens (tertiary/aromatic N) is 3. The fourth-order valence-corrected chi connectivity index (χ4v) is 3.63. The van der Waals surface area contributed by atoms with Gasteiger partial charge in [-0.2, -0.15) is 5.10 Å². The maximum absolute atomic E-state index is 12.4. The molecule has 1 unspecified atom stereocenters. The Kier molecular flexibility index (Phi) is 4.59. The van der Waals surface area contributed by atoms with Gasteiger partial charge in [0.1, 0.15) is 5.92 Å². The second-order valence-corrected chi connectivity index (χ2v) is 7.50. The summed E-state index contributed by atoms with van der Waals surface area (Å²) in [6.07, 6.45) is 1.33. The first kappa shape index (κ1) is 17.6. The van der Waals surface area contributed by atoms with Crippen molar-refractivity contribution in [2.24, 2.45) is 11.0 Å². The van der Waals surface area contributed by atoms with Gasteiger partial charge in [0.15, 0.2) is 0 Å². The Balaban J connectivity index is 1.66. The molecular weight excluding hydrogens is 388 g/mol. The minimum Gasteiger partial charge on any atom is -0.481 e. The average molecular weight is 401 g/mol. The molecule has 0 radical (unpaired) electrons. The van der Waals surface area contributed by atoms with E-state index in [1.165, 1.54) is 23.0 Å². The number of carboxylic acid groups (broad SMARTS) is 1. The molecule has 0 spiro atoms. The van der Waals surface area contributed by atoms with Crippen LogP contribution in [-0.2, 0) is 4.79 Å². The largest absolute Gasteiger partial charge is 0.481 e. The number of fused-ring (bicyclic) bond motifs is 1. The van der Waals surface area contributed by atoms with Gasteiger partial charge in [-0.3, -0.25) is 14.6 Å². The number of halogens is 1. The van der Waals surface area contributed by atoms with Crippen LogP contribution in [-0.4, -0.2) is 33.8 Å². The van der Waals surface area contributed by atoms with Crippen molar-refractivity contribution in [1.29, 1.82) is 0 Å². The van der Waals surface area contributed by atoms with Crippen LogP contribution in [0.3, 0.4) is 0 Å². The molecule has 0 aliphatic carbocycles. The maximum atomic E-state index is 12.4. The minimum atomic E-state index is -0.967. The molecule has 3 aromatic rings. The van der Waals surface area contributed by atoms with Crippen molar-refractivity contribution in [3.05, 3.63) is 57.8 Å². The number of nitrogens with one attached hydrogen (secondary N) is 1. The van der Waals surface area contributed by atoms with Gasteiger partial charge >= 0.3 is 5.97 Å². The first-order chi connectivity index (χ1) is 13.0. The summed E-state index contributed by atoms with van der Waals surface area (Å²) >= 11 is 7.44. The fraction of sp³-hybridized carbons (Fsp3) is 0.111. The molecule has 1 atom stereocenters. The number of benzene rings is 2. The predicted octanol–water partition coefficient (Wildman–Crippen LogP) is 3.23. The van der Waals surface area contributed by atoms with Gasteiger partial charge in [-0.15, -0.1) is 0 Å². The molecule has 1 aliphatic rings. The van der Waals surface area contributed by atoms with Gasteiger partial charge in [0.25, 0.3) is 5.56 Å². The second kappa shape index (κ2) is 7.05. The Morgan fingerprint density at radius 2 is 1.96 bits per heavy atom. The third-order valence-corrected chi connectivity index (χ3v) is 5.28. The highest BCUT2D eigenvalue weighted by Crippen LogP contribution is 2.30. The number of aromatic nitrogens is 2. The fourth-order valence-electron chi connectivity index (χ4n) is 2.66. The van der Waals surface area contributed by atoms with E-state index in [0.29, 0.717) is 15.9 Å². The van der Waals surface area contributed by atoms with Crippen LogP contribution < -0.4 is 10.6 Å². The molecule has 0 fully saturated rings. The standard InChI is InChI=1S/C18H13ClN4O3S/c19-11-1-3-12(4-2-11)27-13-5-6-14-15(7-13)21-18(22-16(14)24)23-9-10(8-20-23)17(25)26/h1-8,10H,9H2,(H,25,26)(H,21,22,24). The molecule has 1 aromatic heterocycles. The van der Waals surface area contributed by atoms with E-state index in [2.05, 4.69) is 15.1 Å². The molecule has 7 nitrogen and oxygen atoms in total. The summed E-state index contributed by atoms with van der Waals surface area (Å²) < 4.78 is 0. The lowest BCUT2D eigenvalue weighted by Crippen LogP contribution is -2.26. The van der Waals surface area contributed by atoms with Crippen LogP contribution in [0, 0.1) is 5.92 Å². The van der Waals surface area contributed by atoms with Crippen molar-refractivity contribution in [3.8, 4) is 0 Å². The van der Waals surface area contributed by atoms with Gasteiger partial charge in [0.2, 0.25) is 5.95 Å². The van der Waals surface area contributed by atoms with E-state index in [9.17, 15) is 9.59 Å². The number of hydrogen-bond acceptors (Lipinski definition) is 6. The van der Waals surface area contributed by atoms with Gasteiger partial charge in [0, 0.05) is 21.0 Å². The number of rotatable bonds is 4. The van der Waals surface area contributed by atoms with Crippen LogP contribution >= 0.6 is 23.4 Å². The summed E-state index contributed by atoms with van der Waals surface area (Å²) in [5.74, 6) is -1.47. The molecule has 0 amide bonds. The summed E-state index contributed by atoms with van der Waals surface area (Å²) in [6.45, 7) is 0.128. The van der Waals surface area contributed by atoms with Crippen molar-refractivity contribution in [3.63, 3.8) is 0 Å². The van der Waals surface area contributed by atoms with Crippen molar-refractivity contribution in [1.82, 2.24) is 9.97 Å². The number of anilines is 1. The first-order valence-electron chi connectivity index (χ1n) is 8.01. The quantitative estimate of drug-likeness (QED) is 0.697. The molecular formula is C18H13ClN4O3S. The zero-order chi connectivity index (χ0) is 19.0. The topological polar surface area (TPSA) is 98.6 Å². The summed E-state index contributed by atoms with van der Waals surface area (Å²) in [5, 5.41) is 15.6. The van der Waals surface area contributed by atoms with Gasteiger partial charge in [0.05, 0.1) is 17.4 Å². The molecule has 27 heavy (non-hydrogen) atoms. The lowest BCUT2D eigenvalue weighted by atomic mass is 10.2. The van der Waals surface area contributed by atoms with E-state index >= 15 is 0 Å². The monoisotopic (exact) mass is 400 g/mol. The minimum absolute atomic E-state index is 0.128. The second-order valence-electron chi connectivity index (χ2n) is 5.92. The van der Waals surface area contributed by atoms with Crippen molar-refractivity contribution < 1.29 is 9.90 Å². The molecule has 0 saturated carbocycles. The Bertz CT molecular complexity index is 1110. The SMILES string of the molecule is O=C(O)C1C=NN(c2nc3cc(Sc4ccc(Cl)cc4)ccc3c(=O)[nH]2)C1. The van der Waals surface area contributed by atoms with Crippen molar-refractivity contribution >= 4 is 52.4 Å². The van der Waals surface area contributed by atoms with Crippen molar-refractivity contribution in [2.75, 3.05) is 11.6 Å². The summed E-state index contributed by atoms with van der Waals surface area (Å²) in [6, 6.07) is 12.9. The van der Waals surface area contributed by atoms with Crippen molar-refractivity contribution in [2.45, 2.75) is 9.79 Å². The molecule has 0 saturated heterocycles. The molecule has 0 bridgehead atoms. The van der Waals surface area contributed by atoms with E-state index in [4.69, 9.17) is 16.7 Å². The Labute approximate surface area is 162 Å². The Morgan fingerprint density at radius 1 is 1.22 bits per heavy atom. The molecule has 2 heterocycles. The lowest BCUT2D eigenvalue weighted by molar-refractivity contribution is -0.138. The summed E-state index contributed by atoms with van der Waals surface area (Å²) in [5.41, 5.74) is 0.216. The number of aliphatic carboxylic acids is 1. The van der Waals surface area contributed by atoms with Crippen LogP contribution in [0.5, 0.6) is 0 Å². The number of hydrazone groups is 1. The smallest absolute Gasteiger partial charge is 0.313 e. The normalized spacial score (nSPS) is 16.2. The Hall–Kier alpha value is -2.84. The molecule has 9 heteroatoms. The average Bonchev–Trinajstić information content (AvgIpc) is 3.14. The van der Waals surface area contributed by atoms with Crippen LogP contribution in [0.15, 0.2) is 62.2 Å². The highest BCUT2D eigenvalue weighted by molar-refractivity contribution is 7.99. The Morgan fingerprint density at radius 3 is 2.67 bits per heavy atom. The van der Waals surface area contributed by atoms with Gasteiger partial charge in [-0.05, 0) is 42.5 Å². The maximum Gasteiger partial charge on any atom is 0.313 e. The van der Waals surface area contributed by atoms with Crippen LogP contribution in [0.2, 0.25) is 5.02 Å². The van der Waals surface area contributed by atoms with Gasteiger partial charge < -0.3 is 5.11 Å². The van der Waals surface area contributed by atoms with Gasteiger partial charge in [-0.25, -0.2) is 9.99 Å². The number of aromatic amines is 1. The van der Waals surface area contributed by atoms with Crippen LogP contribution in [0.25, 0.3) is 10.9 Å². The zero-order valence-electron chi connectivity index (χ0n) is 13.8. The van der Waals surface area contributed by atoms with E-state index < -0.39 is 11.9 Å². The highest BCUT2D eigenvalue weighted by atomic mass is 35.5. The first-order valence-corrected chi connectivity index (χ1v) is 9.21. The number of H-pyrrole nitrogens is 1. The van der Waals surface area contributed by atoms with Gasteiger partial charge in [-0.1, -0.05) is 23.4 Å². The molecule has 1 aliphatic heterocycles. The number of carboxylic acids is 1. The lowest BCUT2D eigenvalue weighted by Gasteiger charge is -2.13. The number of carbonyl (C=O) groups is 1. The molecule has 2 aromatic carbocycles. The molecule has 4 rings (SSSR count). The third-order valence-electron chi connectivity index (χ3n) is 4.03. The predicted molar refractivity (Wildman–Crippen MR) is 105 cm³/mol. The highest BCUT2D eigenvalue weighted by Gasteiger charge is 2.26. The summed E-state index contributed by atoms with van der Waals surface area (Å²) in [7, 11) is 0. The molecule has 2 N–H and O–H groups in total. The zero-order valence-corrected chi connectivity index (χ0v) is 15.4. The van der Waals surface area contributed by atoms with Crippen LogP contribution in [0.4, 0.5) is 5.95 Å². The third kappa shape index (κ3) is 3.67. The summed E-state index contributed by atoms with van der Waals surface area (Å²) in [4.78, 5) is 32.5. The van der Waals surface area contributed by atoms with E-state index in [1.54, 1.807) is 6.07 Å². The van der Waals surface area contributed by atoms with Crippen LogP contribution in [0.1, 0.15) is 0 Å². The molecule has 136 valence electrons. The number of hydrogen-bond donors (Lipinski definition) is 2.